The first kappa shape index (κ1) is 18.5. The lowest BCUT2D eigenvalue weighted by molar-refractivity contribution is -0.120. The van der Waals surface area contributed by atoms with E-state index < -0.39 is 21.7 Å². The smallest absolute Gasteiger partial charge is 0.244 e. The predicted molar refractivity (Wildman–Crippen MR) is 91.9 cm³/mol. The van der Waals surface area contributed by atoms with Crippen molar-refractivity contribution in [3.8, 4) is 0 Å². The molecule has 0 saturated carbocycles. The van der Waals surface area contributed by atoms with Gasteiger partial charge in [0.25, 0.3) is 0 Å². The van der Waals surface area contributed by atoms with Crippen LogP contribution in [-0.4, -0.2) is 36.3 Å². The zero-order valence-electron chi connectivity index (χ0n) is 14.2. The lowest BCUT2D eigenvalue weighted by Gasteiger charge is -2.30. The van der Waals surface area contributed by atoms with E-state index in [9.17, 15) is 22.0 Å². The zero-order chi connectivity index (χ0) is 18.9. The number of aryl methyl sites for hydroxylation is 1. The molecule has 0 atom stereocenters. The molecule has 1 aliphatic heterocycles. The van der Waals surface area contributed by atoms with E-state index in [1.165, 1.54) is 22.6 Å². The molecule has 0 spiro atoms. The SMILES string of the molecule is Cn1ccc(S(=O)(=O)N2CCC(C(=O)Nc3ccc(F)c(F)c3)CC2)c1. The fourth-order valence-electron chi connectivity index (χ4n) is 2.96. The number of hydrogen-bond donors (Lipinski definition) is 1. The standard InChI is InChI=1S/C17H19F2N3O3S/c1-21-7-6-14(11-21)26(24,25)22-8-4-12(5-9-22)17(23)20-13-2-3-15(18)16(19)10-13/h2-3,6-7,10-12H,4-5,8-9H2,1H3,(H,20,23). The number of rotatable bonds is 4. The quantitative estimate of drug-likeness (QED) is 0.881. The van der Waals surface area contributed by atoms with E-state index in [0.717, 1.165) is 12.1 Å². The number of amides is 1. The minimum atomic E-state index is -3.57. The molecule has 26 heavy (non-hydrogen) atoms. The average molecular weight is 383 g/mol. The summed E-state index contributed by atoms with van der Waals surface area (Å²) in [5.74, 6) is -2.73. The number of hydrogen-bond acceptors (Lipinski definition) is 3. The van der Waals surface area contributed by atoms with Crippen molar-refractivity contribution in [2.45, 2.75) is 17.7 Å². The zero-order valence-corrected chi connectivity index (χ0v) is 15.0. The molecule has 1 saturated heterocycles. The van der Waals surface area contributed by atoms with Crippen LogP contribution in [0.4, 0.5) is 14.5 Å². The van der Waals surface area contributed by atoms with Crippen LogP contribution in [0.3, 0.4) is 0 Å². The molecule has 0 aliphatic carbocycles. The van der Waals surface area contributed by atoms with E-state index in [-0.39, 0.29) is 35.5 Å². The number of nitrogens with one attached hydrogen (secondary N) is 1. The lowest BCUT2D eigenvalue weighted by Crippen LogP contribution is -2.41. The molecule has 0 unspecified atom stereocenters. The first-order valence-electron chi connectivity index (χ1n) is 8.15. The molecule has 0 bridgehead atoms. The van der Waals surface area contributed by atoms with Crippen LogP contribution in [0, 0.1) is 17.6 Å². The molecule has 3 rings (SSSR count). The maximum absolute atomic E-state index is 13.2. The van der Waals surface area contributed by atoms with Crippen LogP contribution in [-0.2, 0) is 21.9 Å². The number of anilines is 1. The molecule has 1 aromatic carbocycles. The highest BCUT2D eigenvalue weighted by atomic mass is 32.2. The maximum Gasteiger partial charge on any atom is 0.244 e. The summed E-state index contributed by atoms with van der Waals surface area (Å²) in [5, 5.41) is 2.55. The fourth-order valence-corrected chi connectivity index (χ4v) is 4.48. The van der Waals surface area contributed by atoms with Crippen molar-refractivity contribution in [1.82, 2.24) is 8.87 Å². The third-order valence-electron chi connectivity index (χ3n) is 4.45. The van der Waals surface area contributed by atoms with E-state index in [0.29, 0.717) is 12.8 Å². The van der Waals surface area contributed by atoms with Crippen LogP contribution < -0.4 is 5.32 Å². The highest BCUT2D eigenvalue weighted by molar-refractivity contribution is 7.89. The molecule has 1 N–H and O–H groups in total. The van der Waals surface area contributed by atoms with Crippen molar-refractivity contribution < 1.29 is 22.0 Å². The molecule has 9 heteroatoms. The van der Waals surface area contributed by atoms with E-state index in [4.69, 9.17) is 0 Å². The van der Waals surface area contributed by atoms with Gasteiger partial charge in [0.05, 0.1) is 4.90 Å². The Morgan fingerprint density at radius 1 is 1.15 bits per heavy atom. The molecule has 1 amide bonds. The first-order valence-corrected chi connectivity index (χ1v) is 9.59. The summed E-state index contributed by atoms with van der Waals surface area (Å²) in [4.78, 5) is 12.5. The van der Waals surface area contributed by atoms with Gasteiger partial charge in [-0.1, -0.05) is 0 Å². The number of nitrogens with zero attached hydrogens (tertiary/aromatic N) is 2. The molecule has 1 fully saturated rings. The number of aromatic nitrogens is 1. The number of carbonyl (C=O) groups is 1. The summed E-state index contributed by atoms with van der Waals surface area (Å²) >= 11 is 0. The highest BCUT2D eigenvalue weighted by Crippen LogP contribution is 2.25. The number of sulfonamides is 1. The Morgan fingerprint density at radius 2 is 1.85 bits per heavy atom. The number of piperidine rings is 1. The third kappa shape index (κ3) is 3.78. The maximum atomic E-state index is 13.2. The van der Waals surface area contributed by atoms with Crippen molar-refractivity contribution in [3.05, 3.63) is 48.3 Å². The Kier molecular flexibility index (Phi) is 5.10. The van der Waals surface area contributed by atoms with Gasteiger partial charge in [0, 0.05) is 50.2 Å². The molecular weight excluding hydrogens is 364 g/mol. The van der Waals surface area contributed by atoms with Gasteiger partial charge in [-0.25, -0.2) is 17.2 Å². The van der Waals surface area contributed by atoms with Crippen molar-refractivity contribution in [3.63, 3.8) is 0 Å². The van der Waals surface area contributed by atoms with Gasteiger partial charge in [-0.05, 0) is 31.0 Å². The Bertz CT molecular complexity index is 919. The van der Waals surface area contributed by atoms with Gasteiger partial charge in [0.2, 0.25) is 15.9 Å². The van der Waals surface area contributed by atoms with Crippen LogP contribution in [0.25, 0.3) is 0 Å². The second kappa shape index (κ2) is 7.16. The highest BCUT2D eigenvalue weighted by Gasteiger charge is 2.32. The molecule has 1 aliphatic rings. The van der Waals surface area contributed by atoms with Crippen LogP contribution in [0.2, 0.25) is 0 Å². The summed E-state index contributed by atoms with van der Waals surface area (Å²) < 4.78 is 54.3. The van der Waals surface area contributed by atoms with Gasteiger partial charge < -0.3 is 9.88 Å². The number of benzene rings is 1. The molecule has 6 nitrogen and oxygen atoms in total. The van der Waals surface area contributed by atoms with E-state index >= 15 is 0 Å². The van der Waals surface area contributed by atoms with E-state index in [1.54, 1.807) is 17.8 Å². The largest absolute Gasteiger partial charge is 0.356 e. The summed E-state index contributed by atoms with van der Waals surface area (Å²) in [5.41, 5.74) is 0.174. The van der Waals surface area contributed by atoms with Gasteiger partial charge in [-0.15, -0.1) is 0 Å². The van der Waals surface area contributed by atoms with Crippen molar-refractivity contribution in [1.29, 1.82) is 0 Å². The van der Waals surface area contributed by atoms with Gasteiger partial charge in [-0.3, -0.25) is 4.79 Å². The second-order valence-electron chi connectivity index (χ2n) is 6.31. The lowest BCUT2D eigenvalue weighted by atomic mass is 9.97. The van der Waals surface area contributed by atoms with Crippen molar-refractivity contribution in [2.24, 2.45) is 13.0 Å². The number of halogens is 2. The van der Waals surface area contributed by atoms with Crippen LogP contribution in [0.1, 0.15) is 12.8 Å². The average Bonchev–Trinajstić information content (AvgIpc) is 3.05. The normalized spacial score (nSPS) is 16.6. The third-order valence-corrected chi connectivity index (χ3v) is 6.34. The summed E-state index contributed by atoms with van der Waals surface area (Å²) in [6, 6.07) is 4.69. The second-order valence-corrected chi connectivity index (χ2v) is 8.25. The van der Waals surface area contributed by atoms with Crippen LogP contribution in [0.5, 0.6) is 0 Å². The topological polar surface area (TPSA) is 71.4 Å². The predicted octanol–water partition coefficient (Wildman–Crippen LogP) is 2.34. The molecule has 0 radical (unpaired) electrons. The van der Waals surface area contributed by atoms with Gasteiger partial charge in [0.15, 0.2) is 11.6 Å². The van der Waals surface area contributed by atoms with E-state index in [2.05, 4.69) is 5.32 Å². The van der Waals surface area contributed by atoms with Gasteiger partial charge >= 0.3 is 0 Å². The summed E-state index contributed by atoms with van der Waals surface area (Å²) in [6.45, 7) is 0.459. The summed E-state index contributed by atoms with van der Waals surface area (Å²) in [6.07, 6.45) is 3.93. The van der Waals surface area contributed by atoms with Gasteiger partial charge in [-0.2, -0.15) is 4.31 Å². The number of carbonyl (C=O) groups excluding carboxylic acids is 1. The Morgan fingerprint density at radius 3 is 2.42 bits per heavy atom. The Labute approximate surface area is 150 Å². The van der Waals surface area contributed by atoms with E-state index in [1.807, 2.05) is 0 Å². The Hall–Kier alpha value is -2.26. The molecule has 2 heterocycles. The van der Waals surface area contributed by atoms with Crippen molar-refractivity contribution >= 4 is 21.6 Å². The van der Waals surface area contributed by atoms with Crippen molar-refractivity contribution in [2.75, 3.05) is 18.4 Å². The summed E-state index contributed by atoms with van der Waals surface area (Å²) in [7, 11) is -1.83. The van der Waals surface area contributed by atoms with Crippen LogP contribution >= 0.6 is 0 Å². The minimum absolute atomic E-state index is 0.174. The fraction of sp³-hybridized carbons (Fsp3) is 0.353. The molecule has 140 valence electrons. The van der Waals surface area contributed by atoms with Crippen LogP contribution in [0.15, 0.2) is 41.6 Å². The molecular formula is C17H19F2N3O3S. The first-order chi connectivity index (χ1) is 12.3. The molecule has 1 aromatic heterocycles. The monoisotopic (exact) mass is 383 g/mol. The molecule has 2 aromatic rings. The Balaban J connectivity index is 1.61. The minimum Gasteiger partial charge on any atom is -0.356 e. The van der Waals surface area contributed by atoms with Gasteiger partial charge in [0.1, 0.15) is 0 Å².